The molecule has 0 unspecified atom stereocenters. The van der Waals surface area contributed by atoms with Crippen LogP contribution >= 0.6 is 11.6 Å². The van der Waals surface area contributed by atoms with Crippen LogP contribution in [0.15, 0.2) is 45.8 Å². The van der Waals surface area contributed by atoms with Crippen LogP contribution in [0.25, 0.3) is 11.3 Å². The van der Waals surface area contributed by atoms with Crippen LogP contribution in [-0.4, -0.2) is 20.2 Å². The number of hydrogen-bond donors (Lipinski definition) is 1. The number of aromatic amines is 1. The molecule has 0 saturated heterocycles. The topological polar surface area (TPSA) is 76.7 Å². The summed E-state index contributed by atoms with van der Waals surface area (Å²) in [6.07, 6.45) is 1.76. The second-order valence-corrected chi connectivity index (χ2v) is 4.43. The van der Waals surface area contributed by atoms with Gasteiger partial charge < -0.3 is 4.52 Å². The first-order valence-electron chi connectivity index (χ1n) is 5.54. The van der Waals surface area contributed by atoms with Crippen LogP contribution in [0.4, 0.5) is 0 Å². The maximum atomic E-state index is 10.9. The molecule has 6 nitrogen and oxygen atoms in total. The predicted octanol–water partition coefficient (Wildman–Crippen LogP) is 1.93. The summed E-state index contributed by atoms with van der Waals surface area (Å²) in [7, 11) is 0. The summed E-state index contributed by atoms with van der Waals surface area (Å²) in [4.78, 5) is 10.9. The molecule has 0 aliphatic rings. The predicted molar refractivity (Wildman–Crippen MR) is 68.9 cm³/mol. The number of rotatable bonds is 3. The van der Waals surface area contributed by atoms with Crippen molar-refractivity contribution in [3.63, 3.8) is 0 Å². The Bertz CT molecular complexity index is 759. The van der Waals surface area contributed by atoms with E-state index in [9.17, 15) is 4.79 Å². The third kappa shape index (κ3) is 2.58. The molecule has 0 saturated carbocycles. The molecule has 3 rings (SSSR count). The highest BCUT2D eigenvalue weighted by molar-refractivity contribution is 6.30. The summed E-state index contributed by atoms with van der Waals surface area (Å²) in [5.41, 5.74) is 1.32. The van der Waals surface area contributed by atoms with Gasteiger partial charge in [0.2, 0.25) is 0 Å². The van der Waals surface area contributed by atoms with E-state index in [2.05, 4.69) is 15.5 Å². The lowest BCUT2D eigenvalue weighted by Crippen LogP contribution is -1.99. The van der Waals surface area contributed by atoms with Crippen LogP contribution in [0.1, 0.15) is 5.76 Å². The number of benzene rings is 1. The molecule has 0 amide bonds. The van der Waals surface area contributed by atoms with Gasteiger partial charge in [-0.3, -0.25) is 4.79 Å². The van der Waals surface area contributed by atoms with Gasteiger partial charge in [-0.1, -0.05) is 28.9 Å². The van der Waals surface area contributed by atoms with Gasteiger partial charge in [0.05, 0.1) is 6.20 Å². The van der Waals surface area contributed by atoms with E-state index >= 15 is 0 Å². The second-order valence-electron chi connectivity index (χ2n) is 3.99. The molecule has 0 fully saturated rings. The van der Waals surface area contributed by atoms with E-state index in [0.717, 1.165) is 5.56 Å². The van der Waals surface area contributed by atoms with Crippen LogP contribution in [0.3, 0.4) is 0 Å². The Hall–Kier alpha value is -2.34. The summed E-state index contributed by atoms with van der Waals surface area (Å²) in [6.45, 7) is 0.340. The third-order valence-corrected chi connectivity index (χ3v) is 2.79. The first-order chi connectivity index (χ1) is 9.20. The zero-order valence-electron chi connectivity index (χ0n) is 9.71. The molecule has 0 radical (unpaired) electrons. The molecule has 2 heterocycles. The quantitative estimate of drug-likeness (QED) is 0.793. The Labute approximate surface area is 112 Å². The number of nitrogens with one attached hydrogen (secondary N) is 1. The average Bonchev–Trinajstić information content (AvgIpc) is 2.99. The van der Waals surface area contributed by atoms with Gasteiger partial charge in [-0.05, 0) is 12.1 Å². The molecule has 2 aromatic heterocycles. The lowest BCUT2D eigenvalue weighted by Gasteiger charge is -1.96. The fourth-order valence-electron chi connectivity index (χ4n) is 1.71. The van der Waals surface area contributed by atoms with Crippen LogP contribution in [-0.2, 0) is 6.54 Å². The zero-order valence-corrected chi connectivity index (χ0v) is 10.5. The fraction of sp³-hybridized carbons (Fsp3) is 0.0833. The summed E-state index contributed by atoms with van der Waals surface area (Å²) in [6, 6.07) is 8.73. The number of hydrogen-bond acceptors (Lipinski definition) is 4. The first kappa shape index (κ1) is 11.7. The van der Waals surface area contributed by atoms with Gasteiger partial charge in [0, 0.05) is 16.7 Å². The molecular weight excluding hydrogens is 268 g/mol. The maximum absolute atomic E-state index is 10.9. The van der Waals surface area contributed by atoms with Crippen molar-refractivity contribution >= 4 is 11.6 Å². The van der Waals surface area contributed by atoms with Gasteiger partial charge in [0.25, 0.3) is 5.56 Å². The number of halogens is 1. The highest BCUT2D eigenvalue weighted by Crippen LogP contribution is 2.20. The Morgan fingerprint density at radius 3 is 3.00 bits per heavy atom. The van der Waals surface area contributed by atoms with Crippen LogP contribution in [0, 0.1) is 0 Å². The smallest absolute Gasteiger partial charge is 0.280 e. The van der Waals surface area contributed by atoms with E-state index in [-0.39, 0.29) is 5.56 Å². The standard InChI is InChI=1S/C12H9ClN4O2/c13-9-3-1-2-8(4-9)11-7-17(16-14-11)6-10-5-12(18)15-19-10/h1-5,7H,6H2,(H,15,18). The number of aromatic nitrogens is 4. The molecule has 0 bridgehead atoms. The summed E-state index contributed by atoms with van der Waals surface area (Å²) >= 11 is 5.93. The zero-order chi connectivity index (χ0) is 13.2. The second kappa shape index (κ2) is 4.74. The van der Waals surface area contributed by atoms with E-state index in [1.165, 1.54) is 6.07 Å². The maximum Gasteiger partial charge on any atom is 0.280 e. The molecule has 0 aliphatic heterocycles. The number of H-pyrrole nitrogens is 1. The van der Waals surface area contributed by atoms with E-state index in [0.29, 0.717) is 23.0 Å². The van der Waals surface area contributed by atoms with Crippen molar-refractivity contribution in [2.45, 2.75) is 6.54 Å². The van der Waals surface area contributed by atoms with Gasteiger partial charge in [-0.15, -0.1) is 5.10 Å². The Morgan fingerprint density at radius 1 is 1.37 bits per heavy atom. The molecule has 1 N–H and O–H groups in total. The molecule has 96 valence electrons. The van der Waals surface area contributed by atoms with Crippen molar-refractivity contribution in [3.8, 4) is 11.3 Å². The van der Waals surface area contributed by atoms with Crippen molar-refractivity contribution in [3.05, 3.63) is 57.7 Å². The highest BCUT2D eigenvalue weighted by Gasteiger charge is 2.06. The van der Waals surface area contributed by atoms with E-state index < -0.39 is 0 Å². The molecule has 7 heteroatoms. The van der Waals surface area contributed by atoms with Gasteiger partial charge in [0.15, 0.2) is 5.76 Å². The lowest BCUT2D eigenvalue weighted by molar-refractivity contribution is 0.366. The first-order valence-corrected chi connectivity index (χ1v) is 5.92. The monoisotopic (exact) mass is 276 g/mol. The van der Waals surface area contributed by atoms with Crippen molar-refractivity contribution in [1.29, 1.82) is 0 Å². The molecule has 19 heavy (non-hydrogen) atoms. The van der Waals surface area contributed by atoms with E-state index in [1.807, 2.05) is 18.2 Å². The van der Waals surface area contributed by atoms with E-state index in [1.54, 1.807) is 16.9 Å². The summed E-state index contributed by atoms with van der Waals surface area (Å²) in [5, 5.41) is 10.9. The largest absolute Gasteiger partial charge is 0.382 e. The summed E-state index contributed by atoms with van der Waals surface area (Å²) in [5.74, 6) is 0.493. The molecule has 0 atom stereocenters. The fourth-order valence-corrected chi connectivity index (χ4v) is 1.90. The van der Waals surface area contributed by atoms with E-state index in [4.69, 9.17) is 16.1 Å². The Balaban J connectivity index is 1.85. The average molecular weight is 277 g/mol. The van der Waals surface area contributed by atoms with Crippen molar-refractivity contribution in [1.82, 2.24) is 20.2 Å². The molecule has 3 aromatic rings. The SMILES string of the molecule is O=c1cc(Cn2cc(-c3cccc(Cl)c3)nn2)o[nH]1. The van der Waals surface area contributed by atoms with Gasteiger partial charge in [-0.25, -0.2) is 4.68 Å². The van der Waals surface area contributed by atoms with Crippen LogP contribution in [0.5, 0.6) is 0 Å². The van der Waals surface area contributed by atoms with Gasteiger partial charge in [0.1, 0.15) is 12.2 Å². The Morgan fingerprint density at radius 2 is 2.26 bits per heavy atom. The van der Waals surface area contributed by atoms with Crippen molar-refractivity contribution < 1.29 is 4.52 Å². The highest BCUT2D eigenvalue weighted by atomic mass is 35.5. The van der Waals surface area contributed by atoms with Gasteiger partial charge >= 0.3 is 0 Å². The minimum absolute atomic E-state index is 0.273. The normalized spacial score (nSPS) is 10.8. The summed E-state index contributed by atoms with van der Waals surface area (Å²) < 4.78 is 6.54. The van der Waals surface area contributed by atoms with Gasteiger partial charge in [-0.2, -0.15) is 5.16 Å². The van der Waals surface area contributed by atoms with Crippen LogP contribution in [0.2, 0.25) is 5.02 Å². The molecule has 0 aliphatic carbocycles. The molecular formula is C12H9ClN4O2. The minimum atomic E-state index is -0.273. The molecule has 0 spiro atoms. The lowest BCUT2D eigenvalue weighted by atomic mass is 10.2. The minimum Gasteiger partial charge on any atom is -0.382 e. The molecule has 1 aromatic carbocycles. The third-order valence-electron chi connectivity index (χ3n) is 2.55. The number of nitrogens with zero attached hydrogens (tertiary/aromatic N) is 3. The van der Waals surface area contributed by atoms with Crippen molar-refractivity contribution in [2.75, 3.05) is 0 Å². The Kier molecular flexibility index (Phi) is 2.92. The van der Waals surface area contributed by atoms with Crippen LogP contribution < -0.4 is 5.56 Å². The van der Waals surface area contributed by atoms with Crippen molar-refractivity contribution in [2.24, 2.45) is 0 Å².